The topological polar surface area (TPSA) is 12.5 Å². The van der Waals surface area contributed by atoms with Gasteiger partial charge < -0.3 is 9.64 Å². The molecular formula is C22H28ClNO. The van der Waals surface area contributed by atoms with Crippen molar-refractivity contribution >= 4 is 17.3 Å². The molecule has 0 saturated heterocycles. The fourth-order valence-electron chi connectivity index (χ4n) is 3.59. The van der Waals surface area contributed by atoms with Gasteiger partial charge in [-0.3, -0.25) is 0 Å². The number of hydrogen-bond acceptors (Lipinski definition) is 2. The predicted molar refractivity (Wildman–Crippen MR) is 107 cm³/mol. The molecule has 0 saturated carbocycles. The summed E-state index contributed by atoms with van der Waals surface area (Å²) in [5, 5.41) is 0.792. The molecule has 0 aliphatic carbocycles. The predicted octanol–water partition coefficient (Wildman–Crippen LogP) is 5.86. The average Bonchev–Trinajstić information content (AvgIpc) is 2.53. The second-order valence-corrected chi connectivity index (χ2v) is 8.98. The van der Waals surface area contributed by atoms with Gasteiger partial charge in [0.1, 0.15) is 12.4 Å². The van der Waals surface area contributed by atoms with Crippen molar-refractivity contribution in [2.75, 3.05) is 18.1 Å². The Bertz CT molecular complexity index is 761. The molecule has 0 amide bonds. The van der Waals surface area contributed by atoms with Crippen LogP contribution >= 0.6 is 11.6 Å². The highest BCUT2D eigenvalue weighted by Gasteiger charge is 2.28. The van der Waals surface area contributed by atoms with Crippen LogP contribution in [0.1, 0.15) is 45.7 Å². The first-order chi connectivity index (χ1) is 11.7. The maximum Gasteiger partial charge on any atom is 0.142 e. The largest absolute Gasteiger partial charge is 0.490 e. The third-order valence-electron chi connectivity index (χ3n) is 4.95. The normalized spacial score (nSPS) is 14.9. The first-order valence-electron chi connectivity index (χ1n) is 8.96. The lowest BCUT2D eigenvalue weighted by molar-refractivity contribution is 0.289. The molecule has 0 atom stereocenters. The van der Waals surface area contributed by atoms with Gasteiger partial charge in [-0.1, -0.05) is 43.6 Å². The molecule has 1 aliphatic rings. The quantitative estimate of drug-likeness (QED) is 0.682. The molecule has 2 aromatic carbocycles. The molecule has 0 unspecified atom stereocenters. The van der Waals surface area contributed by atoms with E-state index in [4.69, 9.17) is 16.3 Å². The molecule has 0 spiro atoms. The summed E-state index contributed by atoms with van der Waals surface area (Å²) in [5.41, 5.74) is 3.86. The standard InChI is InChI=1S/C22H28ClNO/c1-21(2,3)24-11-12-25-20-13-16(9-10-19(20)24)15-22(4,5)17-7-6-8-18(23)14-17/h6-10,13-14H,11-12,15H2,1-5H3. The highest BCUT2D eigenvalue weighted by molar-refractivity contribution is 6.30. The third kappa shape index (κ3) is 3.95. The van der Waals surface area contributed by atoms with Crippen molar-refractivity contribution in [2.45, 2.75) is 52.0 Å². The number of ether oxygens (including phenoxy) is 1. The van der Waals surface area contributed by atoms with Crippen LogP contribution in [0, 0.1) is 0 Å². The Kier molecular flexibility index (Phi) is 4.76. The van der Waals surface area contributed by atoms with Gasteiger partial charge in [0.15, 0.2) is 0 Å². The van der Waals surface area contributed by atoms with Crippen molar-refractivity contribution < 1.29 is 4.74 Å². The van der Waals surface area contributed by atoms with Crippen LogP contribution in [0.25, 0.3) is 0 Å². The summed E-state index contributed by atoms with van der Waals surface area (Å²) in [6.45, 7) is 12.9. The van der Waals surface area contributed by atoms with E-state index < -0.39 is 0 Å². The number of rotatable bonds is 3. The molecule has 25 heavy (non-hydrogen) atoms. The van der Waals surface area contributed by atoms with Crippen molar-refractivity contribution in [1.82, 2.24) is 0 Å². The average molecular weight is 358 g/mol. The summed E-state index contributed by atoms with van der Waals surface area (Å²) in [5.74, 6) is 1.00. The fraction of sp³-hybridized carbons (Fsp3) is 0.455. The Hall–Kier alpha value is -1.67. The van der Waals surface area contributed by atoms with Crippen molar-refractivity contribution in [3.8, 4) is 5.75 Å². The van der Waals surface area contributed by atoms with E-state index in [2.05, 4.69) is 69.9 Å². The van der Waals surface area contributed by atoms with E-state index in [1.54, 1.807) is 0 Å². The molecule has 0 bridgehead atoms. The van der Waals surface area contributed by atoms with Gasteiger partial charge in [0, 0.05) is 10.6 Å². The van der Waals surface area contributed by atoms with Crippen LogP contribution in [0.4, 0.5) is 5.69 Å². The monoisotopic (exact) mass is 357 g/mol. The zero-order valence-corrected chi connectivity index (χ0v) is 16.7. The highest BCUT2D eigenvalue weighted by atomic mass is 35.5. The number of hydrogen-bond donors (Lipinski definition) is 0. The second-order valence-electron chi connectivity index (χ2n) is 8.54. The maximum absolute atomic E-state index is 6.18. The molecule has 0 radical (unpaired) electrons. The molecule has 0 aromatic heterocycles. The Balaban J connectivity index is 1.87. The first-order valence-corrected chi connectivity index (χ1v) is 9.34. The summed E-state index contributed by atoms with van der Waals surface area (Å²) >= 11 is 6.18. The summed E-state index contributed by atoms with van der Waals surface area (Å²) in [6.07, 6.45) is 0.944. The maximum atomic E-state index is 6.18. The van der Waals surface area contributed by atoms with Gasteiger partial charge in [-0.15, -0.1) is 0 Å². The van der Waals surface area contributed by atoms with Crippen LogP contribution < -0.4 is 9.64 Å². The van der Waals surface area contributed by atoms with Gasteiger partial charge in [0.2, 0.25) is 0 Å². The van der Waals surface area contributed by atoms with Crippen molar-refractivity contribution in [2.24, 2.45) is 0 Å². The fourth-order valence-corrected chi connectivity index (χ4v) is 3.78. The number of fused-ring (bicyclic) bond motifs is 1. The van der Waals surface area contributed by atoms with Crippen LogP contribution in [0.15, 0.2) is 42.5 Å². The van der Waals surface area contributed by atoms with Crippen molar-refractivity contribution in [3.05, 3.63) is 58.6 Å². The van der Waals surface area contributed by atoms with E-state index in [0.29, 0.717) is 0 Å². The summed E-state index contributed by atoms with van der Waals surface area (Å²) in [7, 11) is 0. The van der Waals surface area contributed by atoms with Crippen LogP contribution in [0.5, 0.6) is 5.75 Å². The molecule has 1 aliphatic heterocycles. The SMILES string of the molecule is CC(C)(Cc1ccc2c(c1)OCCN2C(C)(C)C)c1cccc(Cl)c1. The summed E-state index contributed by atoms with van der Waals surface area (Å²) < 4.78 is 5.97. The Morgan fingerprint density at radius 3 is 2.48 bits per heavy atom. The lowest BCUT2D eigenvalue weighted by atomic mass is 9.79. The molecule has 0 N–H and O–H groups in total. The Morgan fingerprint density at radius 2 is 1.80 bits per heavy atom. The molecule has 2 aromatic rings. The summed E-state index contributed by atoms with van der Waals surface area (Å²) in [6, 6.07) is 14.8. The van der Waals surface area contributed by atoms with Gasteiger partial charge in [-0.25, -0.2) is 0 Å². The van der Waals surface area contributed by atoms with Gasteiger partial charge in [-0.2, -0.15) is 0 Å². The first kappa shape index (κ1) is 18.1. The van der Waals surface area contributed by atoms with Crippen LogP contribution in [-0.4, -0.2) is 18.7 Å². The molecule has 2 nitrogen and oxygen atoms in total. The molecule has 134 valence electrons. The van der Waals surface area contributed by atoms with E-state index in [9.17, 15) is 0 Å². The summed E-state index contributed by atoms with van der Waals surface area (Å²) in [4.78, 5) is 2.43. The zero-order chi connectivity index (χ0) is 18.2. The van der Waals surface area contributed by atoms with Crippen molar-refractivity contribution in [3.63, 3.8) is 0 Å². The number of anilines is 1. The van der Waals surface area contributed by atoms with E-state index in [1.165, 1.54) is 16.8 Å². The van der Waals surface area contributed by atoms with Gasteiger partial charge in [-0.05, 0) is 68.0 Å². The molecule has 3 rings (SSSR count). The number of halogens is 1. The third-order valence-corrected chi connectivity index (χ3v) is 5.18. The minimum atomic E-state index is 0.0114. The lowest BCUT2D eigenvalue weighted by Crippen LogP contribution is -2.46. The number of nitrogens with zero attached hydrogens (tertiary/aromatic N) is 1. The highest BCUT2D eigenvalue weighted by Crippen LogP contribution is 2.38. The molecule has 1 heterocycles. The zero-order valence-electron chi connectivity index (χ0n) is 15.9. The lowest BCUT2D eigenvalue weighted by Gasteiger charge is -2.41. The Labute approximate surface area is 156 Å². The molecule has 0 fully saturated rings. The second kappa shape index (κ2) is 6.57. The minimum Gasteiger partial charge on any atom is -0.490 e. The van der Waals surface area contributed by atoms with Gasteiger partial charge in [0.05, 0.1) is 12.2 Å². The van der Waals surface area contributed by atoms with E-state index in [0.717, 1.165) is 30.3 Å². The van der Waals surface area contributed by atoms with Gasteiger partial charge in [0.25, 0.3) is 0 Å². The Morgan fingerprint density at radius 1 is 1.04 bits per heavy atom. The molecular weight excluding hydrogens is 330 g/mol. The van der Waals surface area contributed by atoms with E-state index in [1.807, 2.05) is 12.1 Å². The minimum absolute atomic E-state index is 0.0114. The smallest absolute Gasteiger partial charge is 0.142 e. The van der Waals surface area contributed by atoms with Crippen molar-refractivity contribution in [1.29, 1.82) is 0 Å². The van der Waals surface area contributed by atoms with Crippen LogP contribution in [0.2, 0.25) is 5.02 Å². The molecule has 3 heteroatoms. The van der Waals surface area contributed by atoms with E-state index in [-0.39, 0.29) is 11.0 Å². The van der Waals surface area contributed by atoms with Crippen LogP contribution in [0.3, 0.4) is 0 Å². The van der Waals surface area contributed by atoms with E-state index >= 15 is 0 Å². The van der Waals surface area contributed by atoms with Crippen LogP contribution in [-0.2, 0) is 11.8 Å². The van der Waals surface area contributed by atoms with Gasteiger partial charge >= 0.3 is 0 Å². The number of benzene rings is 2.